The van der Waals surface area contributed by atoms with Gasteiger partial charge in [-0.2, -0.15) is 0 Å². The highest BCUT2D eigenvalue weighted by Gasteiger charge is 2.38. The summed E-state index contributed by atoms with van der Waals surface area (Å²) < 4.78 is 1.40. The minimum absolute atomic E-state index is 0.0133. The SMILES string of the molecule is CCC1(c2nnc(N)n2N)CCNC1. The molecule has 6 nitrogen and oxygen atoms in total. The maximum absolute atomic E-state index is 5.78. The normalized spacial score (nSPS) is 26.9. The molecule has 1 aromatic heterocycles. The number of nitrogens with zero attached hydrogens (tertiary/aromatic N) is 3. The van der Waals surface area contributed by atoms with Gasteiger partial charge in [0.05, 0.1) is 0 Å². The van der Waals surface area contributed by atoms with E-state index in [-0.39, 0.29) is 11.4 Å². The molecule has 5 N–H and O–H groups in total. The van der Waals surface area contributed by atoms with Crippen molar-refractivity contribution >= 4 is 5.95 Å². The molecule has 78 valence electrons. The van der Waals surface area contributed by atoms with Gasteiger partial charge in [-0.1, -0.05) is 6.92 Å². The van der Waals surface area contributed by atoms with Gasteiger partial charge in [0.2, 0.25) is 5.95 Å². The zero-order valence-corrected chi connectivity index (χ0v) is 8.32. The molecular formula is C8H16N6. The molecule has 2 heterocycles. The number of hydrogen-bond acceptors (Lipinski definition) is 5. The Morgan fingerprint density at radius 1 is 1.57 bits per heavy atom. The van der Waals surface area contributed by atoms with Crippen molar-refractivity contribution < 1.29 is 0 Å². The van der Waals surface area contributed by atoms with Crippen molar-refractivity contribution in [2.24, 2.45) is 0 Å². The molecule has 1 atom stereocenters. The summed E-state index contributed by atoms with van der Waals surface area (Å²) >= 11 is 0. The van der Waals surface area contributed by atoms with Crippen LogP contribution in [0.5, 0.6) is 0 Å². The van der Waals surface area contributed by atoms with Crippen molar-refractivity contribution in [1.29, 1.82) is 0 Å². The molecule has 1 saturated heterocycles. The van der Waals surface area contributed by atoms with E-state index in [9.17, 15) is 0 Å². The van der Waals surface area contributed by atoms with Crippen molar-refractivity contribution in [1.82, 2.24) is 20.2 Å². The highest BCUT2D eigenvalue weighted by Crippen LogP contribution is 2.32. The number of nitrogens with two attached hydrogens (primary N) is 2. The first-order chi connectivity index (χ1) is 6.69. The first-order valence-electron chi connectivity index (χ1n) is 4.87. The lowest BCUT2D eigenvalue weighted by Gasteiger charge is -2.24. The number of anilines is 1. The third kappa shape index (κ3) is 1.14. The molecule has 1 aliphatic rings. The molecule has 1 fully saturated rings. The standard InChI is InChI=1S/C8H16N6/c1-2-8(3-4-11-5-8)6-12-13-7(9)14(6)10/h11H,2-5,10H2,1H3,(H2,9,13). The summed E-state index contributed by atoms with van der Waals surface area (Å²) in [6.07, 6.45) is 2.04. The van der Waals surface area contributed by atoms with Crippen LogP contribution in [-0.4, -0.2) is 28.0 Å². The van der Waals surface area contributed by atoms with Crippen LogP contribution in [0.25, 0.3) is 0 Å². The molecule has 1 aromatic rings. The minimum atomic E-state index is 0.0133. The van der Waals surface area contributed by atoms with Gasteiger partial charge in [-0.15, -0.1) is 10.2 Å². The summed E-state index contributed by atoms with van der Waals surface area (Å²) in [5.74, 6) is 6.85. The molecule has 0 amide bonds. The van der Waals surface area contributed by atoms with E-state index in [1.54, 1.807) is 0 Å². The average molecular weight is 196 g/mol. The predicted octanol–water partition coefficient (Wildman–Crippen LogP) is -0.785. The maximum atomic E-state index is 5.78. The molecular weight excluding hydrogens is 180 g/mol. The molecule has 0 aromatic carbocycles. The molecule has 0 radical (unpaired) electrons. The summed E-state index contributed by atoms with van der Waals surface area (Å²) in [6.45, 7) is 4.04. The molecule has 0 bridgehead atoms. The Kier molecular flexibility index (Phi) is 2.07. The van der Waals surface area contributed by atoms with E-state index < -0.39 is 0 Å². The molecule has 1 unspecified atom stereocenters. The Bertz CT molecular complexity index is 325. The van der Waals surface area contributed by atoms with Crippen LogP contribution in [-0.2, 0) is 5.41 Å². The van der Waals surface area contributed by atoms with Gasteiger partial charge in [0.1, 0.15) is 0 Å². The van der Waals surface area contributed by atoms with Crippen molar-refractivity contribution in [2.75, 3.05) is 24.7 Å². The number of nitrogens with one attached hydrogen (secondary N) is 1. The number of aromatic nitrogens is 3. The van der Waals surface area contributed by atoms with E-state index in [1.165, 1.54) is 4.68 Å². The summed E-state index contributed by atoms with van der Waals surface area (Å²) in [4.78, 5) is 0. The second-order valence-electron chi connectivity index (χ2n) is 3.81. The zero-order chi connectivity index (χ0) is 10.2. The van der Waals surface area contributed by atoms with E-state index in [1.807, 2.05) is 0 Å². The van der Waals surface area contributed by atoms with E-state index in [0.717, 1.165) is 31.8 Å². The van der Waals surface area contributed by atoms with Crippen molar-refractivity contribution in [3.63, 3.8) is 0 Å². The van der Waals surface area contributed by atoms with Gasteiger partial charge in [0.15, 0.2) is 5.82 Å². The van der Waals surface area contributed by atoms with Crippen molar-refractivity contribution in [3.8, 4) is 0 Å². The second kappa shape index (κ2) is 3.13. The average Bonchev–Trinajstić information content (AvgIpc) is 2.77. The van der Waals surface area contributed by atoms with Crippen molar-refractivity contribution in [3.05, 3.63) is 5.82 Å². The lowest BCUT2D eigenvalue weighted by Crippen LogP contribution is -2.34. The van der Waals surface area contributed by atoms with Gasteiger partial charge in [0.25, 0.3) is 0 Å². The molecule has 2 rings (SSSR count). The van der Waals surface area contributed by atoms with E-state index in [2.05, 4.69) is 22.4 Å². The molecule has 0 saturated carbocycles. The number of hydrogen-bond donors (Lipinski definition) is 3. The molecule has 1 aliphatic heterocycles. The molecule has 6 heteroatoms. The fourth-order valence-corrected chi connectivity index (χ4v) is 2.06. The van der Waals surface area contributed by atoms with Crippen LogP contribution >= 0.6 is 0 Å². The summed E-state index contributed by atoms with van der Waals surface area (Å²) in [5, 5.41) is 11.2. The highest BCUT2D eigenvalue weighted by molar-refractivity contribution is 5.23. The quantitative estimate of drug-likeness (QED) is 0.539. The molecule has 0 spiro atoms. The van der Waals surface area contributed by atoms with Crippen LogP contribution in [0.2, 0.25) is 0 Å². The Labute approximate surface area is 82.6 Å². The Hall–Kier alpha value is -1.30. The van der Waals surface area contributed by atoms with Crippen LogP contribution in [0, 0.1) is 0 Å². The van der Waals surface area contributed by atoms with E-state index >= 15 is 0 Å². The lowest BCUT2D eigenvalue weighted by molar-refractivity contribution is 0.415. The lowest BCUT2D eigenvalue weighted by atomic mass is 9.83. The topological polar surface area (TPSA) is 94.8 Å². The fourth-order valence-electron chi connectivity index (χ4n) is 2.06. The van der Waals surface area contributed by atoms with Crippen molar-refractivity contribution in [2.45, 2.75) is 25.2 Å². The summed E-state index contributed by atoms with van der Waals surface area (Å²) in [7, 11) is 0. The van der Waals surface area contributed by atoms with Crippen LogP contribution in [0.3, 0.4) is 0 Å². The first kappa shape index (κ1) is 9.26. The zero-order valence-electron chi connectivity index (χ0n) is 8.32. The Balaban J connectivity index is 2.40. The van der Waals surface area contributed by atoms with Gasteiger partial charge >= 0.3 is 0 Å². The Morgan fingerprint density at radius 2 is 2.36 bits per heavy atom. The maximum Gasteiger partial charge on any atom is 0.240 e. The Morgan fingerprint density at radius 3 is 2.79 bits per heavy atom. The van der Waals surface area contributed by atoms with Gasteiger partial charge in [0, 0.05) is 12.0 Å². The first-order valence-corrected chi connectivity index (χ1v) is 4.87. The fraction of sp³-hybridized carbons (Fsp3) is 0.750. The van der Waals surface area contributed by atoms with Crippen LogP contribution in [0.4, 0.5) is 5.95 Å². The number of rotatable bonds is 2. The second-order valence-corrected chi connectivity index (χ2v) is 3.81. The molecule has 14 heavy (non-hydrogen) atoms. The smallest absolute Gasteiger partial charge is 0.240 e. The summed E-state index contributed by atoms with van der Waals surface area (Å²) in [5.41, 5.74) is 5.58. The highest BCUT2D eigenvalue weighted by atomic mass is 15.5. The predicted molar refractivity (Wildman–Crippen MR) is 54.0 cm³/mol. The van der Waals surface area contributed by atoms with E-state index in [4.69, 9.17) is 11.6 Å². The minimum Gasteiger partial charge on any atom is -0.366 e. The van der Waals surface area contributed by atoms with Crippen LogP contribution < -0.4 is 16.9 Å². The molecule has 0 aliphatic carbocycles. The van der Waals surface area contributed by atoms with Gasteiger partial charge in [-0.05, 0) is 19.4 Å². The van der Waals surface area contributed by atoms with Crippen LogP contribution in [0.15, 0.2) is 0 Å². The van der Waals surface area contributed by atoms with Crippen LogP contribution in [0.1, 0.15) is 25.6 Å². The largest absolute Gasteiger partial charge is 0.366 e. The van der Waals surface area contributed by atoms with E-state index in [0.29, 0.717) is 0 Å². The van der Waals surface area contributed by atoms with Gasteiger partial charge in [-0.25, -0.2) is 4.68 Å². The summed E-state index contributed by atoms with van der Waals surface area (Å²) in [6, 6.07) is 0. The number of nitrogen functional groups attached to an aromatic ring is 2. The third-order valence-electron chi connectivity index (χ3n) is 3.12. The third-order valence-corrected chi connectivity index (χ3v) is 3.12. The van der Waals surface area contributed by atoms with Gasteiger partial charge < -0.3 is 16.9 Å². The van der Waals surface area contributed by atoms with Gasteiger partial charge in [-0.3, -0.25) is 0 Å². The monoisotopic (exact) mass is 196 g/mol.